The molecule has 2 N–H and O–H groups in total. The number of anilines is 2. The van der Waals surface area contributed by atoms with Gasteiger partial charge in [0.25, 0.3) is 11.6 Å². The third-order valence-electron chi connectivity index (χ3n) is 5.46. The molecule has 0 radical (unpaired) electrons. The fourth-order valence-corrected chi connectivity index (χ4v) is 3.67. The van der Waals surface area contributed by atoms with Crippen molar-refractivity contribution in [2.24, 2.45) is 0 Å². The number of carbonyl (C=O) groups excluding carboxylic acids is 1. The number of nitrogens with zero attached hydrogens (tertiary/aromatic N) is 3. The first-order valence-corrected chi connectivity index (χ1v) is 10.4. The minimum atomic E-state index is -0.498. The summed E-state index contributed by atoms with van der Waals surface area (Å²) in [5.74, 6) is 0.517. The van der Waals surface area contributed by atoms with E-state index < -0.39 is 4.92 Å². The van der Waals surface area contributed by atoms with Crippen molar-refractivity contribution >= 4 is 23.0 Å². The molecule has 1 fully saturated rings. The molecular formula is C22H29N5O4. The number of carbonyl (C=O) groups is 1. The van der Waals surface area contributed by atoms with Gasteiger partial charge in [-0.2, -0.15) is 0 Å². The van der Waals surface area contributed by atoms with Gasteiger partial charge in [0.15, 0.2) is 0 Å². The van der Waals surface area contributed by atoms with Crippen LogP contribution in [0.15, 0.2) is 42.5 Å². The fourth-order valence-electron chi connectivity index (χ4n) is 3.67. The first-order valence-electron chi connectivity index (χ1n) is 10.4. The maximum Gasteiger partial charge on any atom is 0.270 e. The van der Waals surface area contributed by atoms with Gasteiger partial charge in [0, 0.05) is 63.3 Å². The number of nitro benzene ring substituents is 1. The average Bonchev–Trinajstić information content (AvgIpc) is 2.81. The third kappa shape index (κ3) is 5.85. The maximum absolute atomic E-state index is 12.1. The molecule has 0 aromatic heterocycles. The Morgan fingerprint density at radius 1 is 1.13 bits per heavy atom. The number of benzene rings is 2. The molecule has 2 aromatic rings. The Morgan fingerprint density at radius 2 is 1.84 bits per heavy atom. The molecule has 1 saturated heterocycles. The van der Waals surface area contributed by atoms with Gasteiger partial charge in [-0.15, -0.1) is 0 Å². The summed E-state index contributed by atoms with van der Waals surface area (Å²) >= 11 is 0. The van der Waals surface area contributed by atoms with Gasteiger partial charge in [0.1, 0.15) is 5.75 Å². The number of methoxy groups -OCH3 is 1. The first-order chi connectivity index (χ1) is 15.0. The van der Waals surface area contributed by atoms with Crippen LogP contribution in [0.2, 0.25) is 0 Å². The molecule has 0 saturated carbocycles. The number of amides is 1. The second-order valence-electron chi connectivity index (χ2n) is 7.37. The van der Waals surface area contributed by atoms with Crippen LogP contribution in [0.1, 0.15) is 16.8 Å². The fraction of sp³-hybridized carbons (Fsp3) is 0.409. The van der Waals surface area contributed by atoms with Gasteiger partial charge in [-0.1, -0.05) is 0 Å². The van der Waals surface area contributed by atoms with E-state index in [0.29, 0.717) is 12.2 Å². The number of piperazine rings is 1. The summed E-state index contributed by atoms with van der Waals surface area (Å²) in [5, 5.41) is 16.8. The van der Waals surface area contributed by atoms with Gasteiger partial charge in [0.05, 0.1) is 17.6 Å². The van der Waals surface area contributed by atoms with Gasteiger partial charge >= 0.3 is 0 Å². The molecular weight excluding hydrogens is 398 g/mol. The SMILES string of the molecule is CNC(=O)c1cc([N+](=O)[O-])ccc1NCCCN1CCN(c2ccc(OC)cc2)CC1. The minimum absolute atomic E-state index is 0.0983. The Morgan fingerprint density at radius 3 is 2.45 bits per heavy atom. The summed E-state index contributed by atoms with van der Waals surface area (Å²) in [4.78, 5) is 27.4. The molecule has 0 bridgehead atoms. The van der Waals surface area contributed by atoms with Crippen molar-refractivity contribution in [1.82, 2.24) is 10.2 Å². The van der Waals surface area contributed by atoms with Crippen molar-refractivity contribution in [1.29, 1.82) is 0 Å². The van der Waals surface area contributed by atoms with Gasteiger partial charge in [-0.05, 0) is 43.3 Å². The Bertz CT molecular complexity index is 895. The monoisotopic (exact) mass is 427 g/mol. The molecule has 3 rings (SSSR count). The molecule has 0 aliphatic carbocycles. The smallest absolute Gasteiger partial charge is 0.270 e. The zero-order valence-corrected chi connectivity index (χ0v) is 18.0. The lowest BCUT2D eigenvalue weighted by atomic mass is 10.1. The highest BCUT2D eigenvalue weighted by atomic mass is 16.6. The zero-order chi connectivity index (χ0) is 22.2. The number of hydrogen-bond donors (Lipinski definition) is 2. The van der Waals surface area contributed by atoms with E-state index in [-0.39, 0.29) is 17.2 Å². The summed E-state index contributed by atoms with van der Waals surface area (Å²) < 4.78 is 5.22. The van der Waals surface area contributed by atoms with Crippen LogP contribution in [0.4, 0.5) is 17.1 Å². The largest absolute Gasteiger partial charge is 0.497 e. The molecule has 1 amide bonds. The predicted molar refractivity (Wildman–Crippen MR) is 121 cm³/mol. The summed E-state index contributed by atoms with van der Waals surface area (Å²) in [7, 11) is 3.18. The number of rotatable bonds is 9. The normalized spacial score (nSPS) is 14.2. The van der Waals surface area contributed by atoms with Crippen molar-refractivity contribution in [3.63, 3.8) is 0 Å². The second-order valence-corrected chi connectivity index (χ2v) is 7.37. The van der Waals surface area contributed by atoms with Crippen LogP contribution < -0.4 is 20.3 Å². The topological polar surface area (TPSA) is 100.0 Å². The van der Waals surface area contributed by atoms with Crippen molar-refractivity contribution in [3.8, 4) is 5.75 Å². The molecule has 31 heavy (non-hydrogen) atoms. The highest BCUT2D eigenvalue weighted by Crippen LogP contribution is 2.23. The quantitative estimate of drug-likeness (QED) is 0.360. The highest BCUT2D eigenvalue weighted by Gasteiger charge is 2.18. The van der Waals surface area contributed by atoms with E-state index in [0.717, 1.165) is 44.9 Å². The van der Waals surface area contributed by atoms with E-state index in [1.165, 1.54) is 24.9 Å². The van der Waals surface area contributed by atoms with Crippen molar-refractivity contribution in [3.05, 3.63) is 58.1 Å². The Kier molecular flexibility index (Phi) is 7.66. The standard InChI is InChI=1S/C22H29N5O4/c1-23-22(28)20-16-18(27(29)30)6-9-21(20)24-10-3-11-25-12-14-26(15-13-25)17-4-7-19(31-2)8-5-17/h4-9,16,24H,3,10-15H2,1-2H3,(H,23,28). The Hall–Kier alpha value is -3.33. The van der Waals surface area contributed by atoms with Crippen LogP contribution in [0.5, 0.6) is 5.75 Å². The van der Waals surface area contributed by atoms with E-state index in [1.54, 1.807) is 13.2 Å². The minimum Gasteiger partial charge on any atom is -0.497 e. The summed E-state index contributed by atoms with van der Waals surface area (Å²) in [6.45, 7) is 5.57. The number of non-ortho nitro benzene ring substituents is 1. The van der Waals surface area contributed by atoms with E-state index >= 15 is 0 Å². The highest BCUT2D eigenvalue weighted by molar-refractivity contribution is 6.00. The molecule has 0 unspecified atom stereocenters. The average molecular weight is 428 g/mol. The van der Waals surface area contributed by atoms with E-state index in [4.69, 9.17) is 4.74 Å². The summed E-state index contributed by atoms with van der Waals surface area (Å²) in [5.41, 5.74) is 2.00. The second kappa shape index (κ2) is 10.6. The predicted octanol–water partition coefficient (Wildman–Crippen LogP) is 2.59. The van der Waals surface area contributed by atoms with Gasteiger partial charge < -0.3 is 20.3 Å². The van der Waals surface area contributed by atoms with Crippen LogP contribution in [0.25, 0.3) is 0 Å². The van der Waals surface area contributed by atoms with Crippen LogP contribution in [0.3, 0.4) is 0 Å². The molecule has 0 atom stereocenters. The molecule has 9 nitrogen and oxygen atoms in total. The molecule has 1 heterocycles. The molecule has 0 spiro atoms. The number of nitro groups is 1. The van der Waals surface area contributed by atoms with Crippen molar-refractivity contribution < 1.29 is 14.5 Å². The molecule has 1 aliphatic rings. The molecule has 9 heteroatoms. The number of nitrogens with one attached hydrogen (secondary N) is 2. The van der Waals surface area contributed by atoms with E-state index in [2.05, 4.69) is 32.6 Å². The van der Waals surface area contributed by atoms with Crippen LogP contribution >= 0.6 is 0 Å². The van der Waals surface area contributed by atoms with Gasteiger partial charge in [-0.3, -0.25) is 19.8 Å². The van der Waals surface area contributed by atoms with Crippen LogP contribution in [-0.4, -0.2) is 69.2 Å². The van der Waals surface area contributed by atoms with Crippen molar-refractivity contribution in [2.75, 3.05) is 63.6 Å². The van der Waals surface area contributed by atoms with E-state index in [1.807, 2.05) is 12.1 Å². The lowest BCUT2D eigenvalue weighted by molar-refractivity contribution is -0.384. The van der Waals surface area contributed by atoms with Crippen LogP contribution in [0, 0.1) is 10.1 Å². The van der Waals surface area contributed by atoms with E-state index in [9.17, 15) is 14.9 Å². The zero-order valence-electron chi connectivity index (χ0n) is 18.0. The Labute approximate surface area is 182 Å². The lowest BCUT2D eigenvalue weighted by Crippen LogP contribution is -2.46. The van der Waals surface area contributed by atoms with Gasteiger partial charge in [-0.25, -0.2) is 0 Å². The lowest BCUT2D eigenvalue weighted by Gasteiger charge is -2.36. The van der Waals surface area contributed by atoms with Gasteiger partial charge in [0.2, 0.25) is 0 Å². The molecule has 2 aromatic carbocycles. The Balaban J connectivity index is 1.45. The van der Waals surface area contributed by atoms with Crippen molar-refractivity contribution in [2.45, 2.75) is 6.42 Å². The maximum atomic E-state index is 12.1. The number of hydrogen-bond acceptors (Lipinski definition) is 7. The van der Waals surface area contributed by atoms with Crippen LogP contribution in [-0.2, 0) is 0 Å². The third-order valence-corrected chi connectivity index (χ3v) is 5.46. The molecule has 166 valence electrons. The summed E-state index contributed by atoms with van der Waals surface area (Å²) in [6.07, 6.45) is 0.909. The number of ether oxygens (including phenoxy) is 1. The molecule has 1 aliphatic heterocycles. The first kappa shape index (κ1) is 22.4. The summed E-state index contributed by atoms with van der Waals surface area (Å²) in [6, 6.07) is 12.5.